The van der Waals surface area contributed by atoms with Crippen LogP contribution in [0.15, 0.2) is 35.4 Å². The van der Waals surface area contributed by atoms with Crippen molar-refractivity contribution in [1.29, 1.82) is 0 Å². The van der Waals surface area contributed by atoms with E-state index in [-0.39, 0.29) is 24.1 Å². The molecule has 2 aromatic heterocycles. The summed E-state index contributed by atoms with van der Waals surface area (Å²) < 4.78 is 7.14. The zero-order chi connectivity index (χ0) is 17.5. The lowest BCUT2D eigenvalue weighted by Gasteiger charge is -2.15. The highest BCUT2D eigenvalue weighted by Crippen LogP contribution is 2.08. The van der Waals surface area contributed by atoms with Gasteiger partial charge in [-0.3, -0.25) is 14.3 Å². The SMILES string of the molecule is Cc1cc(C)n(CCC(=O)NC[C@@H](C)Oc2cccnc2)c(=O)n1. The summed E-state index contributed by atoms with van der Waals surface area (Å²) in [4.78, 5) is 31.6. The van der Waals surface area contributed by atoms with E-state index in [4.69, 9.17) is 4.74 Å². The molecule has 0 spiro atoms. The van der Waals surface area contributed by atoms with Gasteiger partial charge in [0.2, 0.25) is 5.91 Å². The van der Waals surface area contributed by atoms with E-state index in [1.54, 1.807) is 25.4 Å². The van der Waals surface area contributed by atoms with Crippen molar-refractivity contribution in [2.75, 3.05) is 6.54 Å². The molecule has 1 atom stereocenters. The molecule has 0 aliphatic carbocycles. The van der Waals surface area contributed by atoms with Gasteiger partial charge in [0.15, 0.2) is 0 Å². The molecule has 128 valence electrons. The number of aryl methyl sites for hydroxylation is 2. The molecule has 0 fully saturated rings. The van der Waals surface area contributed by atoms with Crippen molar-refractivity contribution in [2.24, 2.45) is 0 Å². The molecule has 0 bridgehead atoms. The van der Waals surface area contributed by atoms with Gasteiger partial charge >= 0.3 is 5.69 Å². The van der Waals surface area contributed by atoms with Crippen LogP contribution in [-0.2, 0) is 11.3 Å². The third kappa shape index (κ3) is 5.19. The van der Waals surface area contributed by atoms with Gasteiger partial charge in [-0.05, 0) is 39.0 Å². The minimum Gasteiger partial charge on any atom is -0.487 e. The van der Waals surface area contributed by atoms with Crippen LogP contribution >= 0.6 is 0 Å². The quantitative estimate of drug-likeness (QED) is 0.825. The molecule has 0 saturated heterocycles. The van der Waals surface area contributed by atoms with Crippen LogP contribution in [0, 0.1) is 13.8 Å². The average molecular weight is 330 g/mol. The first kappa shape index (κ1) is 17.7. The van der Waals surface area contributed by atoms with Crippen molar-refractivity contribution in [3.05, 3.63) is 52.5 Å². The van der Waals surface area contributed by atoms with Crippen molar-refractivity contribution < 1.29 is 9.53 Å². The molecule has 0 radical (unpaired) electrons. The van der Waals surface area contributed by atoms with Gasteiger partial charge in [0, 0.05) is 30.6 Å². The molecule has 0 aliphatic heterocycles. The molecule has 0 unspecified atom stereocenters. The predicted octanol–water partition coefficient (Wildman–Crippen LogP) is 1.23. The van der Waals surface area contributed by atoms with E-state index in [2.05, 4.69) is 15.3 Å². The van der Waals surface area contributed by atoms with Crippen LogP contribution in [0.5, 0.6) is 5.75 Å². The molecule has 2 rings (SSSR count). The number of amides is 1. The van der Waals surface area contributed by atoms with Crippen molar-refractivity contribution in [2.45, 2.75) is 39.8 Å². The summed E-state index contributed by atoms with van der Waals surface area (Å²) in [6, 6.07) is 5.42. The number of carbonyl (C=O) groups excluding carboxylic acids is 1. The van der Waals surface area contributed by atoms with Crippen LogP contribution in [0.25, 0.3) is 0 Å². The Bertz CT molecular complexity index is 743. The summed E-state index contributed by atoms with van der Waals surface area (Å²) in [6.45, 7) is 6.16. The number of aromatic nitrogens is 3. The van der Waals surface area contributed by atoms with E-state index in [0.29, 0.717) is 24.5 Å². The van der Waals surface area contributed by atoms with Gasteiger partial charge in [-0.25, -0.2) is 4.79 Å². The molecule has 2 heterocycles. The zero-order valence-corrected chi connectivity index (χ0v) is 14.2. The minimum atomic E-state index is -0.325. The number of carbonyl (C=O) groups is 1. The highest BCUT2D eigenvalue weighted by atomic mass is 16.5. The van der Waals surface area contributed by atoms with E-state index < -0.39 is 0 Å². The number of ether oxygens (including phenoxy) is 1. The Hall–Kier alpha value is -2.70. The van der Waals surface area contributed by atoms with Gasteiger partial charge in [0.05, 0.1) is 12.7 Å². The monoisotopic (exact) mass is 330 g/mol. The maximum atomic E-state index is 11.9. The van der Waals surface area contributed by atoms with Gasteiger partial charge in [-0.15, -0.1) is 0 Å². The van der Waals surface area contributed by atoms with Crippen LogP contribution < -0.4 is 15.7 Å². The van der Waals surface area contributed by atoms with Crippen LogP contribution in [0.1, 0.15) is 24.7 Å². The van der Waals surface area contributed by atoms with Crippen molar-refractivity contribution in [1.82, 2.24) is 19.9 Å². The highest BCUT2D eigenvalue weighted by molar-refractivity contribution is 5.75. The van der Waals surface area contributed by atoms with Crippen LogP contribution in [0.4, 0.5) is 0 Å². The fraction of sp³-hybridized carbons (Fsp3) is 0.412. The molecule has 1 amide bonds. The molecule has 0 aromatic carbocycles. The Morgan fingerprint density at radius 1 is 1.42 bits per heavy atom. The van der Waals surface area contributed by atoms with Gasteiger partial charge in [0.25, 0.3) is 0 Å². The maximum absolute atomic E-state index is 11.9. The van der Waals surface area contributed by atoms with Gasteiger partial charge < -0.3 is 10.1 Å². The summed E-state index contributed by atoms with van der Waals surface area (Å²) >= 11 is 0. The van der Waals surface area contributed by atoms with Gasteiger partial charge in [-0.2, -0.15) is 4.98 Å². The van der Waals surface area contributed by atoms with Crippen molar-refractivity contribution in [3.8, 4) is 5.75 Å². The topological polar surface area (TPSA) is 86.1 Å². The number of rotatable bonds is 7. The number of hydrogen-bond donors (Lipinski definition) is 1. The average Bonchev–Trinajstić information content (AvgIpc) is 2.53. The van der Waals surface area contributed by atoms with Crippen LogP contribution in [0.3, 0.4) is 0 Å². The minimum absolute atomic E-state index is 0.136. The Morgan fingerprint density at radius 3 is 2.88 bits per heavy atom. The lowest BCUT2D eigenvalue weighted by atomic mass is 10.3. The second kappa shape index (κ2) is 8.24. The lowest BCUT2D eigenvalue weighted by molar-refractivity contribution is -0.121. The Morgan fingerprint density at radius 2 is 2.21 bits per heavy atom. The molecular formula is C17H22N4O3. The first-order chi connectivity index (χ1) is 11.5. The van der Waals surface area contributed by atoms with Crippen molar-refractivity contribution in [3.63, 3.8) is 0 Å². The summed E-state index contributed by atoms with van der Waals surface area (Å²) in [7, 11) is 0. The predicted molar refractivity (Wildman–Crippen MR) is 89.9 cm³/mol. The van der Waals surface area contributed by atoms with E-state index >= 15 is 0 Å². The third-order valence-corrected chi connectivity index (χ3v) is 3.47. The molecule has 24 heavy (non-hydrogen) atoms. The fourth-order valence-electron chi connectivity index (χ4n) is 2.30. The molecule has 7 nitrogen and oxygen atoms in total. The summed E-state index contributed by atoms with van der Waals surface area (Å²) in [5.41, 5.74) is 1.15. The Kier molecular flexibility index (Phi) is 6.06. The molecule has 0 saturated carbocycles. The molecule has 0 aliphatic rings. The molecule has 1 N–H and O–H groups in total. The van der Waals surface area contributed by atoms with E-state index in [1.807, 2.05) is 26.0 Å². The summed E-state index contributed by atoms with van der Waals surface area (Å²) in [5, 5.41) is 2.80. The second-order valence-corrected chi connectivity index (χ2v) is 5.64. The van der Waals surface area contributed by atoms with Gasteiger partial charge in [0.1, 0.15) is 11.9 Å². The Balaban J connectivity index is 1.79. The largest absolute Gasteiger partial charge is 0.487 e. The van der Waals surface area contributed by atoms with Crippen LogP contribution in [0.2, 0.25) is 0 Å². The maximum Gasteiger partial charge on any atom is 0.347 e. The van der Waals surface area contributed by atoms with Gasteiger partial charge in [-0.1, -0.05) is 0 Å². The summed E-state index contributed by atoms with van der Waals surface area (Å²) in [6.07, 6.45) is 3.33. The normalized spacial score (nSPS) is 11.8. The highest BCUT2D eigenvalue weighted by Gasteiger charge is 2.09. The zero-order valence-electron chi connectivity index (χ0n) is 14.2. The lowest BCUT2D eigenvalue weighted by Crippen LogP contribution is -2.35. The van der Waals surface area contributed by atoms with E-state index in [9.17, 15) is 9.59 Å². The first-order valence-corrected chi connectivity index (χ1v) is 7.84. The number of hydrogen-bond acceptors (Lipinski definition) is 5. The number of nitrogens with one attached hydrogen (secondary N) is 1. The molecular weight excluding hydrogens is 308 g/mol. The molecule has 7 heteroatoms. The smallest absolute Gasteiger partial charge is 0.347 e. The molecule has 2 aromatic rings. The van der Waals surface area contributed by atoms with Crippen molar-refractivity contribution >= 4 is 5.91 Å². The number of pyridine rings is 1. The first-order valence-electron chi connectivity index (χ1n) is 7.84. The summed E-state index contributed by atoms with van der Waals surface area (Å²) in [5.74, 6) is 0.524. The number of nitrogens with zero attached hydrogens (tertiary/aromatic N) is 3. The standard InChI is InChI=1S/C17H22N4O3/c1-12-9-13(2)21(17(23)20-12)8-6-16(22)19-10-14(3)24-15-5-4-7-18-11-15/h4-5,7,9,11,14H,6,8,10H2,1-3H3,(H,19,22)/t14-/m1/s1. The van der Waals surface area contributed by atoms with Crippen LogP contribution in [-0.4, -0.2) is 33.1 Å². The van der Waals surface area contributed by atoms with E-state index in [0.717, 1.165) is 5.69 Å². The fourth-order valence-corrected chi connectivity index (χ4v) is 2.30. The second-order valence-electron chi connectivity index (χ2n) is 5.64. The van der Waals surface area contributed by atoms with E-state index in [1.165, 1.54) is 4.57 Å². The third-order valence-electron chi connectivity index (χ3n) is 3.47. The Labute approximate surface area is 140 Å².